The molecule has 3 N–H and O–H groups in total. The first-order chi connectivity index (χ1) is 20.2. The molecular formula is C35H46N2O5. The van der Waals surface area contributed by atoms with Crippen LogP contribution in [0.4, 0.5) is 0 Å². The number of β-amino-alcohol motifs (C(OH)–C–C–N with tert-alkyl or cyclic N) is 1. The Labute approximate surface area is 250 Å². The van der Waals surface area contributed by atoms with E-state index < -0.39 is 6.10 Å². The Hall–Kier alpha value is -3.29. The number of fused-ring (bicyclic) bond motifs is 3. The van der Waals surface area contributed by atoms with Crippen LogP contribution in [-0.4, -0.2) is 53.6 Å². The fourth-order valence-corrected chi connectivity index (χ4v) is 6.20. The highest BCUT2D eigenvalue weighted by molar-refractivity contribution is 5.91. The van der Waals surface area contributed by atoms with Gasteiger partial charge in [-0.1, -0.05) is 31.2 Å². The number of rotatable bonds is 12. The molecule has 4 unspecified atom stereocenters. The van der Waals surface area contributed by atoms with E-state index in [1.54, 1.807) is 6.08 Å². The van der Waals surface area contributed by atoms with Gasteiger partial charge in [-0.3, -0.25) is 0 Å². The van der Waals surface area contributed by atoms with E-state index in [2.05, 4.69) is 60.6 Å². The van der Waals surface area contributed by atoms with E-state index in [1.165, 1.54) is 22.5 Å². The highest BCUT2D eigenvalue weighted by Gasteiger charge is 2.27. The van der Waals surface area contributed by atoms with Crippen LogP contribution in [0.1, 0.15) is 75.9 Å². The van der Waals surface area contributed by atoms with Crippen LogP contribution in [-0.2, 0) is 31.8 Å². The fourth-order valence-electron chi connectivity index (χ4n) is 6.20. The number of H-pyrrole nitrogens is 1. The van der Waals surface area contributed by atoms with Gasteiger partial charge >= 0.3 is 5.97 Å². The van der Waals surface area contributed by atoms with Gasteiger partial charge in [0.25, 0.3) is 0 Å². The van der Waals surface area contributed by atoms with Crippen LogP contribution >= 0.6 is 0 Å². The van der Waals surface area contributed by atoms with Crippen molar-refractivity contribution in [3.63, 3.8) is 0 Å². The first-order valence-corrected chi connectivity index (χ1v) is 15.5. The van der Waals surface area contributed by atoms with Crippen LogP contribution in [0.25, 0.3) is 11.8 Å². The van der Waals surface area contributed by atoms with Crippen molar-refractivity contribution in [2.24, 2.45) is 11.8 Å². The molecule has 7 nitrogen and oxygen atoms in total. The lowest BCUT2D eigenvalue weighted by Gasteiger charge is -2.32. The number of allylic oxidation sites excluding steroid dienone is 5. The van der Waals surface area contributed by atoms with E-state index in [4.69, 9.17) is 14.2 Å². The first kappa shape index (κ1) is 30.2. The van der Waals surface area contributed by atoms with Gasteiger partial charge in [-0.05, 0) is 95.6 Å². The number of hydrogen-bond donors (Lipinski definition) is 3. The Morgan fingerprint density at radius 3 is 2.74 bits per heavy atom. The summed E-state index contributed by atoms with van der Waals surface area (Å²) in [7, 11) is 0. The van der Waals surface area contributed by atoms with E-state index in [0.29, 0.717) is 24.6 Å². The minimum absolute atomic E-state index is 0.0710. The van der Waals surface area contributed by atoms with Crippen molar-refractivity contribution in [2.45, 2.75) is 84.0 Å². The van der Waals surface area contributed by atoms with Crippen molar-refractivity contribution in [3.05, 3.63) is 82.5 Å². The van der Waals surface area contributed by atoms with Gasteiger partial charge in [0.2, 0.25) is 0 Å². The van der Waals surface area contributed by atoms with Gasteiger partial charge in [0.15, 0.2) is 0 Å². The number of carbonyl (C=O) groups is 1. The summed E-state index contributed by atoms with van der Waals surface area (Å²) in [6.45, 7) is 9.31. The molecule has 0 radical (unpaired) electrons. The molecule has 0 amide bonds. The maximum atomic E-state index is 12.0. The van der Waals surface area contributed by atoms with Gasteiger partial charge in [-0.15, -0.1) is 0 Å². The number of aliphatic hydroxyl groups excluding tert-OH is 1. The molecule has 0 spiro atoms. The summed E-state index contributed by atoms with van der Waals surface area (Å²) in [6, 6.07) is 0. The van der Waals surface area contributed by atoms with Gasteiger partial charge in [0.05, 0.1) is 12.2 Å². The molecule has 0 aliphatic heterocycles. The van der Waals surface area contributed by atoms with E-state index in [1.807, 2.05) is 26.0 Å². The number of aryl methyl sites for hydroxylation is 2. The molecule has 0 aromatic carbocycles. The third-order valence-electron chi connectivity index (χ3n) is 8.40. The molecule has 0 bridgehead atoms. The molecule has 42 heavy (non-hydrogen) atoms. The monoisotopic (exact) mass is 574 g/mol. The molecule has 7 heteroatoms. The number of nitrogens with one attached hydrogen (secondary N) is 2. The normalized spacial score (nSPS) is 23.7. The minimum atomic E-state index is -0.605. The molecule has 0 saturated carbocycles. The van der Waals surface area contributed by atoms with Crippen molar-refractivity contribution in [1.29, 1.82) is 0 Å². The third-order valence-corrected chi connectivity index (χ3v) is 8.40. The Kier molecular flexibility index (Phi) is 9.59. The third kappa shape index (κ3) is 7.37. The number of hydrogen-bond acceptors (Lipinski definition) is 6. The maximum Gasteiger partial charge on any atom is 0.337 e. The number of aromatic nitrogens is 1. The van der Waals surface area contributed by atoms with Crippen molar-refractivity contribution in [2.75, 3.05) is 19.8 Å². The zero-order chi connectivity index (χ0) is 29.7. The number of esters is 1. The van der Waals surface area contributed by atoms with Gasteiger partial charge < -0.3 is 29.6 Å². The summed E-state index contributed by atoms with van der Waals surface area (Å²) < 4.78 is 17.5. The second-order valence-electron chi connectivity index (χ2n) is 12.5. The Balaban J connectivity index is 1.05. The zero-order valence-corrected chi connectivity index (χ0v) is 25.4. The summed E-state index contributed by atoms with van der Waals surface area (Å²) in [4.78, 5) is 15.6. The van der Waals surface area contributed by atoms with Crippen molar-refractivity contribution in [1.82, 2.24) is 10.3 Å². The predicted octanol–water partition coefficient (Wildman–Crippen LogP) is 5.94. The second kappa shape index (κ2) is 13.3. The molecule has 4 aliphatic rings. The Morgan fingerprint density at radius 2 is 1.98 bits per heavy atom. The number of aliphatic hydroxyl groups is 1. The average molecular weight is 575 g/mol. The number of carbonyl (C=O) groups excluding carboxylic acids is 1. The maximum absolute atomic E-state index is 12.0. The fraction of sp³-hybridized carbons (Fsp3) is 0.514. The SMILES string of the molecule is CCOC(=O)C1=CC(C)C(OC2=CCC(CC(C)(C)NCC(O)COC3=CCCc4[nH]c5c(c43)C=CCC5)C=C2)C=C1. The van der Waals surface area contributed by atoms with Gasteiger partial charge in [0.1, 0.15) is 30.3 Å². The molecule has 1 heterocycles. The lowest BCUT2D eigenvalue weighted by molar-refractivity contribution is -0.138. The molecule has 1 aromatic heterocycles. The van der Waals surface area contributed by atoms with E-state index in [9.17, 15) is 9.90 Å². The summed E-state index contributed by atoms with van der Waals surface area (Å²) in [6.07, 6.45) is 23.8. The standard InChI is InChI=1S/C35H46N2O5/c1-5-40-34(39)25-15-18-31(23(2)19-25)42-27-16-13-24(14-17-27)20-35(3,4)36-21-26(38)22-41-32-12-8-11-30-33(32)28-9-6-7-10-29(28)37-30/h6,9,12-13,15-19,23-24,26,31,36-38H,5,7-8,10-11,14,20-22H2,1-4H3. The Bertz CT molecular complexity index is 1320. The lowest BCUT2D eigenvalue weighted by atomic mass is 9.86. The topological polar surface area (TPSA) is 92.8 Å². The van der Waals surface area contributed by atoms with E-state index >= 15 is 0 Å². The predicted molar refractivity (Wildman–Crippen MR) is 166 cm³/mol. The van der Waals surface area contributed by atoms with Gasteiger partial charge in [0, 0.05) is 40.5 Å². The summed E-state index contributed by atoms with van der Waals surface area (Å²) >= 11 is 0. The average Bonchev–Trinajstić information content (AvgIpc) is 3.36. The number of ether oxygens (including phenoxy) is 3. The second-order valence-corrected chi connectivity index (χ2v) is 12.5. The van der Waals surface area contributed by atoms with Crippen LogP contribution in [0.15, 0.2) is 59.9 Å². The van der Waals surface area contributed by atoms with Crippen molar-refractivity contribution >= 4 is 17.8 Å². The van der Waals surface area contributed by atoms with Crippen molar-refractivity contribution < 1.29 is 24.1 Å². The van der Waals surface area contributed by atoms with E-state index in [-0.39, 0.29) is 30.1 Å². The largest absolute Gasteiger partial charge is 0.490 e. The van der Waals surface area contributed by atoms with Crippen LogP contribution in [0, 0.1) is 11.8 Å². The first-order valence-electron chi connectivity index (χ1n) is 15.5. The van der Waals surface area contributed by atoms with Gasteiger partial charge in [-0.25, -0.2) is 4.79 Å². The molecule has 4 atom stereocenters. The molecule has 4 aliphatic carbocycles. The number of aromatic amines is 1. The summed E-state index contributed by atoms with van der Waals surface area (Å²) in [5.74, 6) is 1.91. The highest BCUT2D eigenvalue weighted by Crippen LogP contribution is 2.35. The molecule has 1 aromatic rings. The quantitative estimate of drug-likeness (QED) is 0.268. The molecular weight excluding hydrogens is 528 g/mol. The lowest BCUT2D eigenvalue weighted by Crippen LogP contribution is -2.45. The van der Waals surface area contributed by atoms with Crippen molar-refractivity contribution in [3.8, 4) is 0 Å². The molecule has 0 saturated heterocycles. The van der Waals surface area contributed by atoms with Gasteiger partial charge in [-0.2, -0.15) is 0 Å². The smallest absolute Gasteiger partial charge is 0.337 e. The molecule has 0 fully saturated rings. The van der Waals surface area contributed by atoms with E-state index in [0.717, 1.165) is 50.0 Å². The van der Waals surface area contributed by atoms with Crippen LogP contribution in [0.5, 0.6) is 0 Å². The summed E-state index contributed by atoms with van der Waals surface area (Å²) in [5, 5.41) is 14.3. The van der Waals surface area contributed by atoms with Crippen LogP contribution in [0.3, 0.4) is 0 Å². The highest BCUT2D eigenvalue weighted by atomic mass is 16.5. The molecule has 5 rings (SSSR count). The van der Waals surface area contributed by atoms with Crippen LogP contribution in [0.2, 0.25) is 0 Å². The Morgan fingerprint density at radius 1 is 1.14 bits per heavy atom. The zero-order valence-electron chi connectivity index (χ0n) is 25.4. The van der Waals surface area contributed by atoms with Crippen LogP contribution < -0.4 is 5.32 Å². The molecule has 226 valence electrons. The minimum Gasteiger partial charge on any atom is -0.490 e. The summed E-state index contributed by atoms with van der Waals surface area (Å²) in [5.41, 5.74) is 5.42.